The van der Waals surface area contributed by atoms with E-state index in [1.807, 2.05) is 0 Å². The van der Waals surface area contributed by atoms with E-state index >= 15 is 0 Å². The van der Waals surface area contributed by atoms with Gasteiger partial charge in [-0.25, -0.2) is 4.79 Å². The molecule has 1 aromatic heterocycles. The number of benzene rings is 2. The number of hydrogen-bond acceptors (Lipinski definition) is 4. The van der Waals surface area contributed by atoms with Crippen LogP contribution < -0.4 is 16.6 Å². The Kier molecular flexibility index (Phi) is 6.09. The van der Waals surface area contributed by atoms with Gasteiger partial charge in [-0.15, -0.1) is 0 Å². The lowest BCUT2D eigenvalue weighted by Gasteiger charge is -2.13. The zero-order chi connectivity index (χ0) is 22.8. The summed E-state index contributed by atoms with van der Waals surface area (Å²) in [5.41, 5.74) is -2.10. The number of rotatable bonds is 5. The Morgan fingerprint density at radius 2 is 1.81 bits per heavy atom. The first-order valence-corrected chi connectivity index (χ1v) is 9.37. The summed E-state index contributed by atoms with van der Waals surface area (Å²) < 4.78 is 40.7. The highest BCUT2D eigenvalue weighted by atomic mass is 19.4. The average Bonchev–Trinajstić information content (AvgIpc) is 2.71. The summed E-state index contributed by atoms with van der Waals surface area (Å²) in [5, 5.41) is 6.39. The number of halogens is 3. The number of nitrogens with one attached hydrogen (secondary N) is 1. The van der Waals surface area contributed by atoms with E-state index in [9.17, 15) is 27.6 Å². The molecule has 1 amide bonds. The standard InChI is InChI=1S/C21H19F3N4O3/c1-3-25-18(29)17-19(30)27(12-14-7-5-8-15(11-14)21(22,23)24)20(31)28(26-17)16-9-4-6-13(2)10-16/h4-11H,3,12H2,1-2H3,(H,25,29). The fourth-order valence-corrected chi connectivity index (χ4v) is 3.00. The molecule has 0 saturated carbocycles. The molecular weight excluding hydrogens is 413 g/mol. The van der Waals surface area contributed by atoms with Crippen LogP contribution in [0.5, 0.6) is 0 Å². The molecule has 1 heterocycles. The lowest BCUT2D eigenvalue weighted by molar-refractivity contribution is -0.137. The van der Waals surface area contributed by atoms with Gasteiger partial charge in [0.1, 0.15) is 0 Å². The van der Waals surface area contributed by atoms with Crippen molar-refractivity contribution in [2.45, 2.75) is 26.6 Å². The summed E-state index contributed by atoms with van der Waals surface area (Å²) in [6.45, 7) is 3.20. The van der Waals surface area contributed by atoms with Crippen molar-refractivity contribution in [3.8, 4) is 5.69 Å². The molecule has 3 rings (SSSR count). The molecule has 0 aliphatic carbocycles. The predicted molar refractivity (Wildman–Crippen MR) is 107 cm³/mol. The molecule has 10 heteroatoms. The zero-order valence-corrected chi connectivity index (χ0v) is 16.7. The molecule has 31 heavy (non-hydrogen) atoms. The molecule has 0 aliphatic heterocycles. The van der Waals surface area contributed by atoms with Gasteiger partial charge in [-0.05, 0) is 49.2 Å². The summed E-state index contributed by atoms with van der Waals surface area (Å²) in [5.74, 6) is -0.785. The van der Waals surface area contributed by atoms with Gasteiger partial charge < -0.3 is 5.32 Å². The van der Waals surface area contributed by atoms with E-state index in [1.54, 1.807) is 38.1 Å². The van der Waals surface area contributed by atoms with E-state index in [2.05, 4.69) is 10.4 Å². The SMILES string of the molecule is CCNC(=O)c1nn(-c2cccc(C)c2)c(=O)n(Cc2cccc(C(F)(F)F)c2)c1=O. The highest BCUT2D eigenvalue weighted by molar-refractivity contribution is 5.91. The summed E-state index contributed by atoms with van der Waals surface area (Å²) in [6.07, 6.45) is -4.58. The zero-order valence-electron chi connectivity index (χ0n) is 16.7. The van der Waals surface area contributed by atoms with Crippen LogP contribution >= 0.6 is 0 Å². The molecule has 0 saturated heterocycles. The van der Waals surface area contributed by atoms with Crippen molar-refractivity contribution in [2.75, 3.05) is 6.54 Å². The van der Waals surface area contributed by atoms with Gasteiger partial charge in [-0.2, -0.15) is 23.0 Å². The molecule has 0 aliphatic rings. The Labute approximate surface area is 174 Å². The number of alkyl halides is 3. The van der Waals surface area contributed by atoms with Crippen molar-refractivity contribution in [3.05, 3.63) is 91.8 Å². The van der Waals surface area contributed by atoms with Gasteiger partial charge in [0.2, 0.25) is 5.69 Å². The number of aromatic nitrogens is 3. The predicted octanol–water partition coefficient (Wildman–Crippen LogP) is 2.52. The molecule has 2 aromatic carbocycles. The molecular formula is C21H19F3N4O3. The highest BCUT2D eigenvalue weighted by Crippen LogP contribution is 2.29. The molecule has 0 radical (unpaired) electrons. The van der Waals surface area contributed by atoms with Gasteiger partial charge in [0.15, 0.2) is 0 Å². The number of nitrogens with zero attached hydrogens (tertiary/aromatic N) is 3. The third-order valence-corrected chi connectivity index (χ3v) is 4.45. The monoisotopic (exact) mass is 432 g/mol. The molecule has 7 nitrogen and oxygen atoms in total. The van der Waals surface area contributed by atoms with Crippen molar-refractivity contribution in [3.63, 3.8) is 0 Å². The molecule has 162 valence electrons. The largest absolute Gasteiger partial charge is 0.416 e. The Morgan fingerprint density at radius 1 is 1.10 bits per heavy atom. The molecule has 0 unspecified atom stereocenters. The van der Waals surface area contributed by atoms with E-state index in [4.69, 9.17) is 0 Å². The first-order chi connectivity index (χ1) is 14.6. The van der Waals surface area contributed by atoms with Crippen LogP contribution in [0.3, 0.4) is 0 Å². The Balaban J connectivity index is 2.21. The Bertz CT molecular complexity index is 1250. The molecule has 0 spiro atoms. The fraction of sp³-hybridized carbons (Fsp3) is 0.238. The second kappa shape index (κ2) is 8.58. The van der Waals surface area contributed by atoms with Crippen LogP contribution in [-0.2, 0) is 12.7 Å². The number of carbonyl (C=O) groups is 1. The Morgan fingerprint density at radius 3 is 2.45 bits per heavy atom. The average molecular weight is 432 g/mol. The number of hydrogen-bond donors (Lipinski definition) is 1. The lowest BCUT2D eigenvalue weighted by atomic mass is 10.1. The minimum absolute atomic E-state index is 0.0814. The molecule has 0 bridgehead atoms. The van der Waals surface area contributed by atoms with E-state index in [1.165, 1.54) is 12.1 Å². The molecule has 0 atom stereocenters. The molecule has 3 aromatic rings. The van der Waals surface area contributed by atoms with Crippen LogP contribution in [0.2, 0.25) is 0 Å². The van der Waals surface area contributed by atoms with Crippen LogP contribution in [0.15, 0.2) is 58.1 Å². The maximum absolute atomic E-state index is 13.0. The molecule has 1 N–H and O–H groups in total. The lowest BCUT2D eigenvalue weighted by Crippen LogP contribution is -2.46. The van der Waals surface area contributed by atoms with Crippen molar-refractivity contribution < 1.29 is 18.0 Å². The van der Waals surface area contributed by atoms with Crippen LogP contribution in [-0.4, -0.2) is 26.8 Å². The summed E-state index contributed by atoms with van der Waals surface area (Å²) >= 11 is 0. The van der Waals surface area contributed by atoms with Crippen LogP contribution in [0.1, 0.15) is 34.1 Å². The van der Waals surface area contributed by atoms with Gasteiger partial charge in [0.25, 0.3) is 11.5 Å². The van der Waals surface area contributed by atoms with Crippen LogP contribution in [0, 0.1) is 6.92 Å². The highest BCUT2D eigenvalue weighted by Gasteiger charge is 2.30. The van der Waals surface area contributed by atoms with Crippen LogP contribution in [0.4, 0.5) is 13.2 Å². The van der Waals surface area contributed by atoms with E-state index in [-0.39, 0.29) is 12.1 Å². The first kappa shape index (κ1) is 22.0. The van der Waals surface area contributed by atoms with E-state index in [0.29, 0.717) is 10.3 Å². The third-order valence-electron chi connectivity index (χ3n) is 4.45. The summed E-state index contributed by atoms with van der Waals surface area (Å²) in [4.78, 5) is 38.2. The second-order valence-electron chi connectivity index (χ2n) is 6.83. The normalized spacial score (nSPS) is 11.4. The second-order valence-corrected chi connectivity index (χ2v) is 6.83. The maximum Gasteiger partial charge on any atom is 0.416 e. The van der Waals surface area contributed by atoms with Gasteiger partial charge in [-0.1, -0.05) is 24.3 Å². The van der Waals surface area contributed by atoms with Crippen molar-refractivity contribution in [1.82, 2.24) is 19.7 Å². The van der Waals surface area contributed by atoms with Crippen molar-refractivity contribution >= 4 is 5.91 Å². The minimum atomic E-state index is -4.58. The smallest absolute Gasteiger partial charge is 0.351 e. The maximum atomic E-state index is 13.0. The number of aryl methyl sites for hydroxylation is 1. The third kappa shape index (κ3) is 4.73. The van der Waals surface area contributed by atoms with E-state index < -0.39 is 41.1 Å². The minimum Gasteiger partial charge on any atom is -0.351 e. The van der Waals surface area contributed by atoms with Crippen molar-refractivity contribution in [2.24, 2.45) is 0 Å². The number of carbonyl (C=O) groups excluding carboxylic acids is 1. The van der Waals surface area contributed by atoms with Gasteiger partial charge >= 0.3 is 11.9 Å². The van der Waals surface area contributed by atoms with Crippen LogP contribution in [0.25, 0.3) is 5.69 Å². The van der Waals surface area contributed by atoms with Gasteiger partial charge in [0, 0.05) is 6.54 Å². The van der Waals surface area contributed by atoms with Gasteiger partial charge in [-0.3, -0.25) is 14.2 Å². The first-order valence-electron chi connectivity index (χ1n) is 9.37. The summed E-state index contributed by atoms with van der Waals surface area (Å²) in [6, 6.07) is 11.0. The summed E-state index contributed by atoms with van der Waals surface area (Å²) in [7, 11) is 0. The van der Waals surface area contributed by atoms with Crippen molar-refractivity contribution in [1.29, 1.82) is 0 Å². The van der Waals surface area contributed by atoms with E-state index in [0.717, 1.165) is 22.4 Å². The fourth-order valence-electron chi connectivity index (χ4n) is 3.00. The number of amides is 1. The topological polar surface area (TPSA) is 86.0 Å². The Hall–Kier alpha value is -3.69. The molecule has 0 fully saturated rings. The van der Waals surface area contributed by atoms with Gasteiger partial charge in [0.05, 0.1) is 17.8 Å². The quantitative estimate of drug-likeness (QED) is 0.672.